The lowest BCUT2D eigenvalue weighted by molar-refractivity contribution is 0.199. The van der Waals surface area contributed by atoms with Crippen molar-refractivity contribution in [2.75, 3.05) is 19.7 Å². The van der Waals surface area contributed by atoms with Gasteiger partial charge in [-0.1, -0.05) is 30.4 Å². The summed E-state index contributed by atoms with van der Waals surface area (Å²) in [5.41, 5.74) is 6.93. The van der Waals surface area contributed by atoms with Gasteiger partial charge in [-0.3, -0.25) is 4.90 Å². The van der Waals surface area contributed by atoms with Crippen molar-refractivity contribution in [3.05, 3.63) is 29.8 Å². The quantitative estimate of drug-likeness (QED) is 0.812. The first-order chi connectivity index (χ1) is 9.08. The molecule has 0 amide bonds. The lowest BCUT2D eigenvalue weighted by Crippen LogP contribution is -2.37. The molecule has 0 aromatic heterocycles. The molecule has 0 spiro atoms. The summed E-state index contributed by atoms with van der Waals surface area (Å²) in [7, 11) is 0. The summed E-state index contributed by atoms with van der Waals surface area (Å²) in [6.45, 7) is 7.11. The molecule has 2 N–H and O–H groups in total. The maximum Gasteiger partial charge on any atom is 0.122 e. The number of para-hydroxylation sites is 1. The summed E-state index contributed by atoms with van der Waals surface area (Å²) < 4.78 is 5.74. The van der Waals surface area contributed by atoms with Crippen LogP contribution in [-0.4, -0.2) is 35.6 Å². The Morgan fingerprint density at radius 1 is 1.47 bits per heavy atom. The molecule has 0 saturated carbocycles. The van der Waals surface area contributed by atoms with E-state index in [0.29, 0.717) is 16.9 Å². The molecule has 0 bridgehead atoms. The summed E-state index contributed by atoms with van der Waals surface area (Å²) in [6, 6.07) is 8.80. The van der Waals surface area contributed by atoms with E-state index in [1.807, 2.05) is 12.1 Å². The van der Waals surface area contributed by atoms with Crippen LogP contribution in [0.3, 0.4) is 0 Å². The van der Waals surface area contributed by atoms with E-state index in [4.69, 9.17) is 22.7 Å². The fraction of sp³-hybridized carbons (Fsp3) is 0.533. The molecule has 2 rings (SSSR count). The molecule has 3 nitrogen and oxygen atoms in total. The minimum atomic E-state index is 0.449. The number of nitrogens with two attached hydrogens (primary N) is 1. The number of nitrogens with zero attached hydrogens (tertiary/aromatic N) is 1. The molecule has 104 valence electrons. The van der Waals surface area contributed by atoms with Crippen molar-refractivity contribution in [1.82, 2.24) is 4.90 Å². The summed E-state index contributed by atoms with van der Waals surface area (Å²) in [5, 5.41) is 0. The van der Waals surface area contributed by atoms with Gasteiger partial charge in [-0.15, -0.1) is 0 Å². The predicted molar refractivity (Wildman–Crippen MR) is 82.8 cm³/mol. The minimum Gasteiger partial charge on any atom is -0.493 e. The van der Waals surface area contributed by atoms with Gasteiger partial charge in [0.1, 0.15) is 5.75 Å². The van der Waals surface area contributed by atoms with Gasteiger partial charge in [0.2, 0.25) is 0 Å². The zero-order chi connectivity index (χ0) is 13.8. The van der Waals surface area contributed by atoms with Crippen LogP contribution in [0.5, 0.6) is 5.75 Å². The van der Waals surface area contributed by atoms with E-state index in [9.17, 15) is 0 Å². The standard InChI is InChI=1S/C15H22N2OS/c1-11(2)17(8-7-15(16)19)9-12-10-18-14-6-4-3-5-13(12)14/h3-6,11-12H,7-10H2,1-2H3,(H2,16,19). The molecule has 1 aliphatic rings. The zero-order valence-electron chi connectivity index (χ0n) is 11.6. The molecule has 1 unspecified atom stereocenters. The highest BCUT2D eigenvalue weighted by molar-refractivity contribution is 7.80. The fourth-order valence-corrected chi connectivity index (χ4v) is 2.57. The summed E-state index contributed by atoms with van der Waals surface area (Å²) in [6.07, 6.45) is 0.780. The highest BCUT2D eigenvalue weighted by Gasteiger charge is 2.26. The molecule has 1 aromatic carbocycles. The van der Waals surface area contributed by atoms with Gasteiger partial charge in [0, 0.05) is 37.0 Å². The van der Waals surface area contributed by atoms with Gasteiger partial charge in [-0.05, 0) is 19.9 Å². The minimum absolute atomic E-state index is 0.449. The number of hydrogen-bond donors (Lipinski definition) is 1. The van der Waals surface area contributed by atoms with Crippen molar-refractivity contribution in [2.24, 2.45) is 5.73 Å². The second-order valence-corrected chi connectivity index (χ2v) is 5.88. The van der Waals surface area contributed by atoms with E-state index < -0.39 is 0 Å². The number of rotatable bonds is 6. The van der Waals surface area contributed by atoms with E-state index in [-0.39, 0.29) is 0 Å². The van der Waals surface area contributed by atoms with Crippen molar-refractivity contribution in [3.8, 4) is 5.75 Å². The Morgan fingerprint density at radius 3 is 2.89 bits per heavy atom. The normalized spacial score (nSPS) is 17.6. The number of fused-ring (bicyclic) bond motifs is 1. The first kappa shape index (κ1) is 14.3. The van der Waals surface area contributed by atoms with Crippen LogP contribution in [0.25, 0.3) is 0 Å². The average Bonchev–Trinajstić information content (AvgIpc) is 2.77. The van der Waals surface area contributed by atoms with E-state index in [1.54, 1.807) is 0 Å². The number of benzene rings is 1. The zero-order valence-corrected chi connectivity index (χ0v) is 12.5. The fourth-order valence-electron chi connectivity index (χ4n) is 2.48. The van der Waals surface area contributed by atoms with Crippen LogP contribution in [0.1, 0.15) is 31.7 Å². The Morgan fingerprint density at radius 2 is 2.21 bits per heavy atom. The van der Waals surface area contributed by atoms with Crippen LogP contribution >= 0.6 is 12.2 Å². The van der Waals surface area contributed by atoms with Crippen molar-refractivity contribution in [2.45, 2.75) is 32.2 Å². The van der Waals surface area contributed by atoms with Crippen LogP contribution in [0, 0.1) is 0 Å². The Bertz CT molecular complexity index is 448. The molecule has 1 atom stereocenters. The van der Waals surface area contributed by atoms with E-state index in [2.05, 4.69) is 30.9 Å². The molecule has 0 fully saturated rings. The van der Waals surface area contributed by atoms with Crippen molar-refractivity contribution in [3.63, 3.8) is 0 Å². The van der Waals surface area contributed by atoms with Crippen molar-refractivity contribution < 1.29 is 4.74 Å². The van der Waals surface area contributed by atoms with Crippen LogP contribution in [0.15, 0.2) is 24.3 Å². The molecular formula is C15H22N2OS. The average molecular weight is 278 g/mol. The van der Waals surface area contributed by atoms with E-state index in [0.717, 1.165) is 31.9 Å². The molecule has 1 heterocycles. The van der Waals surface area contributed by atoms with Gasteiger partial charge in [0.05, 0.1) is 11.6 Å². The monoisotopic (exact) mass is 278 g/mol. The molecule has 1 aliphatic heterocycles. The first-order valence-corrected chi connectivity index (χ1v) is 7.23. The van der Waals surface area contributed by atoms with Crippen LogP contribution in [-0.2, 0) is 0 Å². The lowest BCUT2D eigenvalue weighted by Gasteiger charge is -2.28. The second kappa shape index (κ2) is 6.35. The third kappa shape index (κ3) is 3.67. The smallest absolute Gasteiger partial charge is 0.122 e. The molecule has 0 aliphatic carbocycles. The van der Waals surface area contributed by atoms with Gasteiger partial charge in [0.15, 0.2) is 0 Å². The lowest BCUT2D eigenvalue weighted by atomic mass is 10.00. The highest BCUT2D eigenvalue weighted by atomic mass is 32.1. The van der Waals surface area contributed by atoms with Gasteiger partial charge in [0.25, 0.3) is 0 Å². The van der Waals surface area contributed by atoms with Gasteiger partial charge < -0.3 is 10.5 Å². The largest absolute Gasteiger partial charge is 0.493 e. The third-order valence-corrected chi connectivity index (χ3v) is 3.83. The molecular weight excluding hydrogens is 256 g/mol. The topological polar surface area (TPSA) is 38.5 Å². The molecule has 1 aromatic rings. The van der Waals surface area contributed by atoms with Crippen LogP contribution in [0.2, 0.25) is 0 Å². The first-order valence-electron chi connectivity index (χ1n) is 6.82. The molecule has 0 saturated heterocycles. The SMILES string of the molecule is CC(C)N(CCC(N)=S)CC1COc2ccccc21. The molecule has 19 heavy (non-hydrogen) atoms. The van der Waals surface area contributed by atoms with Gasteiger partial charge >= 0.3 is 0 Å². The number of hydrogen-bond acceptors (Lipinski definition) is 3. The van der Waals surface area contributed by atoms with Gasteiger partial charge in [-0.25, -0.2) is 0 Å². The maximum absolute atomic E-state index is 5.74. The molecule has 4 heteroatoms. The van der Waals surface area contributed by atoms with E-state index in [1.165, 1.54) is 5.56 Å². The van der Waals surface area contributed by atoms with Crippen molar-refractivity contribution >= 4 is 17.2 Å². The number of ether oxygens (including phenoxy) is 1. The Labute approximate surface area is 120 Å². The Kier molecular flexibility index (Phi) is 4.77. The van der Waals surface area contributed by atoms with Crippen LogP contribution in [0.4, 0.5) is 0 Å². The van der Waals surface area contributed by atoms with Crippen molar-refractivity contribution in [1.29, 1.82) is 0 Å². The third-order valence-electron chi connectivity index (χ3n) is 3.63. The Hall–Kier alpha value is -1.13. The summed E-state index contributed by atoms with van der Waals surface area (Å²) in [4.78, 5) is 3.02. The Balaban J connectivity index is 2.00. The highest BCUT2D eigenvalue weighted by Crippen LogP contribution is 2.34. The van der Waals surface area contributed by atoms with Gasteiger partial charge in [-0.2, -0.15) is 0 Å². The maximum atomic E-state index is 5.74. The summed E-state index contributed by atoms with van der Waals surface area (Å²) >= 11 is 4.97. The van der Waals surface area contributed by atoms with E-state index >= 15 is 0 Å². The van der Waals surface area contributed by atoms with Crippen LogP contribution < -0.4 is 10.5 Å². The summed E-state index contributed by atoms with van der Waals surface area (Å²) in [5.74, 6) is 1.48. The molecule has 0 radical (unpaired) electrons. The number of thiocarbonyl (C=S) groups is 1. The predicted octanol–water partition coefficient (Wildman–Crippen LogP) is 2.55. The second-order valence-electron chi connectivity index (χ2n) is 5.35.